The number of nitrogens with zero attached hydrogens (tertiary/aromatic N) is 3. The molecule has 0 bridgehead atoms. The number of hydrogen-bond acceptors (Lipinski definition) is 7. The van der Waals surface area contributed by atoms with E-state index in [1.165, 1.54) is 7.11 Å². The van der Waals surface area contributed by atoms with Gasteiger partial charge >= 0.3 is 15.5 Å². The molecule has 1 aromatic heterocycles. The molecule has 1 atom stereocenters. The minimum absolute atomic E-state index is 0.146. The topological polar surface area (TPSA) is 98.0 Å². The maximum Gasteiger partial charge on any atom is 0.511 e. The summed E-state index contributed by atoms with van der Waals surface area (Å²) in [6.07, 6.45) is 2.49. The van der Waals surface area contributed by atoms with Gasteiger partial charge < -0.3 is 20.1 Å². The SMILES string of the molecule is COCCOc1cccc2c1CN(S(=O)(=O)C(F)(F)F)C[C@H](CCc1ccccc1)N2Cc1cc(N)ccn1. The van der Waals surface area contributed by atoms with Crippen molar-refractivity contribution < 1.29 is 31.1 Å². The molecule has 8 nitrogen and oxygen atoms in total. The van der Waals surface area contributed by atoms with Crippen LogP contribution in [0.1, 0.15) is 23.2 Å². The third-order valence-electron chi connectivity index (χ3n) is 6.57. The molecule has 1 aliphatic heterocycles. The van der Waals surface area contributed by atoms with Crippen molar-refractivity contribution >= 4 is 21.4 Å². The van der Waals surface area contributed by atoms with Gasteiger partial charge in [0.05, 0.1) is 18.8 Å². The Morgan fingerprint density at radius 2 is 1.85 bits per heavy atom. The number of aromatic nitrogens is 1. The number of alkyl halides is 3. The lowest BCUT2D eigenvalue weighted by Gasteiger charge is -2.34. The summed E-state index contributed by atoms with van der Waals surface area (Å²) in [5, 5.41) is 0. The maximum atomic E-state index is 13.8. The normalized spacial score (nSPS) is 16.5. The van der Waals surface area contributed by atoms with Crippen LogP contribution in [0.25, 0.3) is 0 Å². The molecule has 210 valence electrons. The number of benzene rings is 2. The highest BCUT2D eigenvalue weighted by atomic mass is 32.2. The van der Waals surface area contributed by atoms with Crippen LogP contribution in [-0.4, -0.2) is 56.1 Å². The number of hydrogen-bond donors (Lipinski definition) is 1. The van der Waals surface area contributed by atoms with Crippen LogP contribution >= 0.6 is 0 Å². The lowest BCUT2D eigenvalue weighted by Crippen LogP contribution is -2.47. The molecule has 0 fully saturated rings. The molecule has 0 radical (unpaired) electrons. The van der Waals surface area contributed by atoms with E-state index < -0.39 is 28.1 Å². The molecule has 3 aromatic rings. The number of aryl methyl sites for hydroxylation is 1. The third kappa shape index (κ3) is 6.81. The van der Waals surface area contributed by atoms with Gasteiger partial charge in [0.25, 0.3) is 0 Å². The molecule has 4 rings (SSSR count). The smallest absolute Gasteiger partial charge is 0.491 e. The maximum absolute atomic E-state index is 13.8. The number of methoxy groups -OCH3 is 1. The van der Waals surface area contributed by atoms with E-state index in [1.807, 2.05) is 35.2 Å². The third-order valence-corrected chi connectivity index (χ3v) is 8.11. The zero-order valence-electron chi connectivity index (χ0n) is 21.5. The van der Waals surface area contributed by atoms with Crippen molar-refractivity contribution in [3.05, 3.63) is 83.7 Å². The number of sulfonamides is 1. The fourth-order valence-corrected chi connectivity index (χ4v) is 5.61. The Hall–Kier alpha value is -3.35. The van der Waals surface area contributed by atoms with E-state index in [9.17, 15) is 21.6 Å². The Balaban J connectivity index is 1.82. The van der Waals surface area contributed by atoms with E-state index >= 15 is 0 Å². The second-order valence-corrected chi connectivity index (χ2v) is 11.2. The Labute approximate surface area is 226 Å². The molecule has 1 aliphatic rings. The minimum atomic E-state index is -5.64. The molecule has 0 unspecified atom stereocenters. The fraction of sp³-hybridized carbons (Fsp3) is 0.370. The molecule has 2 aromatic carbocycles. The van der Waals surface area contributed by atoms with E-state index in [1.54, 1.807) is 36.5 Å². The van der Waals surface area contributed by atoms with Crippen molar-refractivity contribution in [3.8, 4) is 5.75 Å². The monoisotopic (exact) mass is 564 g/mol. The second-order valence-electron chi connectivity index (χ2n) is 9.22. The van der Waals surface area contributed by atoms with Gasteiger partial charge in [0.2, 0.25) is 0 Å². The van der Waals surface area contributed by atoms with E-state index in [0.717, 1.165) is 5.56 Å². The van der Waals surface area contributed by atoms with Gasteiger partial charge in [0, 0.05) is 49.4 Å². The molecule has 0 spiro atoms. The summed E-state index contributed by atoms with van der Waals surface area (Å²) in [5.74, 6) is 0.293. The van der Waals surface area contributed by atoms with E-state index in [4.69, 9.17) is 15.2 Å². The largest absolute Gasteiger partial charge is 0.511 e. The summed E-state index contributed by atoms with van der Waals surface area (Å²) >= 11 is 0. The first-order valence-electron chi connectivity index (χ1n) is 12.4. The molecule has 2 N–H and O–H groups in total. The highest BCUT2D eigenvalue weighted by Crippen LogP contribution is 2.39. The zero-order chi connectivity index (χ0) is 28.0. The van der Waals surface area contributed by atoms with E-state index in [0.29, 0.717) is 45.5 Å². The Kier molecular flexibility index (Phi) is 8.98. The number of nitrogen functional groups attached to an aromatic ring is 1. The van der Waals surface area contributed by atoms with Crippen molar-refractivity contribution in [3.63, 3.8) is 0 Å². The van der Waals surface area contributed by atoms with Crippen LogP contribution in [0.4, 0.5) is 24.5 Å². The van der Waals surface area contributed by atoms with Crippen LogP contribution in [0.15, 0.2) is 66.9 Å². The summed E-state index contributed by atoms with van der Waals surface area (Å²) in [4.78, 5) is 6.31. The molecule has 0 saturated carbocycles. The Morgan fingerprint density at radius 1 is 1.08 bits per heavy atom. The van der Waals surface area contributed by atoms with Crippen molar-refractivity contribution in [2.75, 3.05) is 37.5 Å². The number of pyridine rings is 1. The van der Waals surface area contributed by atoms with E-state index in [2.05, 4.69) is 4.98 Å². The first kappa shape index (κ1) is 28.7. The summed E-state index contributed by atoms with van der Waals surface area (Å²) < 4.78 is 78.4. The Bertz CT molecular complexity index is 1360. The van der Waals surface area contributed by atoms with Gasteiger partial charge in [0.15, 0.2) is 0 Å². The van der Waals surface area contributed by atoms with Gasteiger partial charge in [-0.1, -0.05) is 36.4 Å². The molecular formula is C27H31F3N4O4S. The van der Waals surface area contributed by atoms with Crippen molar-refractivity contribution in [2.24, 2.45) is 0 Å². The lowest BCUT2D eigenvalue weighted by molar-refractivity contribution is -0.0492. The molecule has 39 heavy (non-hydrogen) atoms. The van der Waals surface area contributed by atoms with Gasteiger partial charge in [0.1, 0.15) is 12.4 Å². The number of halogens is 3. The number of anilines is 2. The van der Waals surface area contributed by atoms with Crippen LogP contribution in [0.3, 0.4) is 0 Å². The summed E-state index contributed by atoms with van der Waals surface area (Å²) in [6, 6.07) is 17.4. The zero-order valence-corrected chi connectivity index (χ0v) is 22.3. The van der Waals surface area contributed by atoms with Crippen molar-refractivity contribution in [1.29, 1.82) is 0 Å². The first-order chi connectivity index (χ1) is 18.6. The van der Waals surface area contributed by atoms with Crippen LogP contribution in [0.2, 0.25) is 0 Å². The summed E-state index contributed by atoms with van der Waals surface area (Å²) in [6.45, 7) is -0.261. The number of rotatable bonds is 10. The molecule has 2 heterocycles. The molecule has 0 amide bonds. The number of ether oxygens (including phenoxy) is 2. The van der Waals surface area contributed by atoms with Gasteiger partial charge in [-0.05, 0) is 42.7 Å². The minimum Gasteiger partial charge on any atom is -0.491 e. The highest BCUT2D eigenvalue weighted by Gasteiger charge is 2.51. The molecule has 0 aliphatic carbocycles. The van der Waals surface area contributed by atoms with Crippen molar-refractivity contribution in [1.82, 2.24) is 9.29 Å². The number of fused-ring (bicyclic) bond motifs is 1. The van der Waals surface area contributed by atoms with Crippen LogP contribution in [-0.2, 0) is 34.3 Å². The van der Waals surface area contributed by atoms with E-state index in [-0.39, 0.29) is 26.3 Å². The van der Waals surface area contributed by atoms with Crippen LogP contribution < -0.4 is 15.4 Å². The second kappa shape index (κ2) is 12.2. The van der Waals surface area contributed by atoms with Gasteiger partial charge in [-0.2, -0.15) is 17.5 Å². The summed E-state index contributed by atoms with van der Waals surface area (Å²) in [5.41, 5.74) is 3.53. The molecule has 0 saturated heterocycles. The standard InChI is InChI=1S/C27H31F3N4O4S/c1-37-14-15-38-26-9-5-8-25-24(26)19-33(39(35,36)27(28,29)30)18-23(11-10-20-6-3-2-4-7-20)34(25)17-22-16-21(31)12-13-32-22/h2-9,12-13,16,23H,10-11,14-15,17-19H2,1H3,(H2,31,32)/t23-/m0/s1. The quantitative estimate of drug-likeness (QED) is 0.366. The van der Waals surface area contributed by atoms with Gasteiger partial charge in [-0.15, -0.1) is 0 Å². The predicted molar refractivity (Wildman–Crippen MR) is 143 cm³/mol. The number of nitrogens with two attached hydrogens (primary N) is 1. The van der Waals surface area contributed by atoms with Crippen LogP contribution in [0, 0.1) is 0 Å². The Morgan fingerprint density at radius 3 is 2.54 bits per heavy atom. The fourth-order valence-electron chi connectivity index (χ4n) is 4.65. The molecule has 12 heteroatoms. The average molecular weight is 565 g/mol. The predicted octanol–water partition coefficient (Wildman–Crippen LogP) is 4.36. The summed E-state index contributed by atoms with van der Waals surface area (Å²) in [7, 11) is -4.13. The van der Waals surface area contributed by atoms with Gasteiger partial charge in [-0.3, -0.25) is 4.98 Å². The average Bonchev–Trinajstić information content (AvgIpc) is 3.05. The first-order valence-corrected chi connectivity index (χ1v) is 13.8. The van der Waals surface area contributed by atoms with Crippen molar-refractivity contribution in [2.45, 2.75) is 37.5 Å². The van der Waals surface area contributed by atoms with Crippen LogP contribution in [0.5, 0.6) is 5.75 Å². The lowest BCUT2D eigenvalue weighted by atomic mass is 10.0. The highest BCUT2D eigenvalue weighted by molar-refractivity contribution is 7.89. The molecular weight excluding hydrogens is 533 g/mol. The van der Waals surface area contributed by atoms with Gasteiger partial charge in [-0.25, -0.2) is 8.42 Å².